The second-order valence-electron chi connectivity index (χ2n) is 5.49. The summed E-state index contributed by atoms with van der Waals surface area (Å²) in [6.45, 7) is 5.02. The number of hydrogen-bond donors (Lipinski definition) is 0. The zero-order chi connectivity index (χ0) is 13.8. The number of hydrogen-bond acceptors (Lipinski definition) is 2. The number of carbonyl (C=O) groups is 2. The van der Waals surface area contributed by atoms with Gasteiger partial charge in [-0.05, 0) is 31.2 Å². The van der Waals surface area contributed by atoms with Crippen molar-refractivity contribution in [3.8, 4) is 0 Å². The van der Waals surface area contributed by atoms with E-state index >= 15 is 0 Å². The van der Waals surface area contributed by atoms with Crippen LogP contribution in [-0.4, -0.2) is 29.7 Å². The number of ketones is 1. The van der Waals surface area contributed by atoms with Gasteiger partial charge in [0.25, 0.3) is 0 Å². The van der Waals surface area contributed by atoms with Gasteiger partial charge in [-0.1, -0.05) is 31.2 Å². The molecule has 3 heteroatoms. The van der Waals surface area contributed by atoms with Crippen LogP contribution in [0.1, 0.15) is 42.1 Å². The van der Waals surface area contributed by atoms with Gasteiger partial charge >= 0.3 is 0 Å². The lowest BCUT2D eigenvalue weighted by atomic mass is 10.0. The van der Waals surface area contributed by atoms with Gasteiger partial charge in [0.1, 0.15) is 0 Å². The van der Waals surface area contributed by atoms with Gasteiger partial charge in [-0.2, -0.15) is 0 Å². The molecule has 0 saturated carbocycles. The number of nitrogens with zero attached hydrogens (tertiary/aromatic N) is 1. The smallest absolute Gasteiger partial charge is 0.222 e. The molecule has 0 spiro atoms. The summed E-state index contributed by atoms with van der Waals surface area (Å²) in [6, 6.07) is 7.56. The van der Waals surface area contributed by atoms with Crippen molar-refractivity contribution >= 4 is 11.7 Å². The number of Topliss-reactive ketones (excluding diaryl/α,β-unsaturated/α-hetero) is 1. The maximum Gasteiger partial charge on any atom is 0.222 e. The van der Waals surface area contributed by atoms with Crippen LogP contribution in [0.15, 0.2) is 24.3 Å². The Morgan fingerprint density at radius 2 is 2.05 bits per heavy atom. The summed E-state index contributed by atoms with van der Waals surface area (Å²) >= 11 is 0. The standard InChI is InChI=1S/C16H21NO2/c1-12-7-8-16(19)17(10-9-12)11-15(18)14-6-4-3-5-13(14)2/h3-6,12H,7-11H2,1-2H3. The number of likely N-dealkylation sites (tertiary alicyclic amines) is 1. The molecule has 1 heterocycles. The monoisotopic (exact) mass is 259 g/mol. The van der Waals surface area contributed by atoms with E-state index in [1.54, 1.807) is 4.90 Å². The molecule has 1 saturated heterocycles. The fourth-order valence-corrected chi connectivity index (χ4v) is 2.48. The molecular weight excluding hydrogens is 238 g/mol. The first-order valence-corrected chi connectivity index (χ1v) is 6.94. The maximum absolute atomic E-state index is 12.3. The third-order valence-electron chi connectivity index (χ3n) is 3.88. The molecule has 0 N–H and O–H groups in total. The van der Waals surface area contributed by atoms with Crippen LogP contribution in [0.25, 0.3) is 0 Å². The fourth-order valence-electron chi connectivity index (χ4n) is 2.48. The van der Waals surface area contributed by atoms with Crippen molar-refractivity contribution in [2.45, 2.75) is 33.1 Å². The average molecular weight is 259 g/mol. The first-order chi connectivity index (χ1) is 9.08. The van der Waals surface area contributed by atoms with Gasteiger partial charge < -0.3 is 4.90 Å². The lowest BCUT2D eigenvalue weighted by Gasteiger charge is -2.20. The van der Waals surface area contributed by atoms with E-state index in [4.69, 9.17) is 0 Å². The Kier molecular flexibility index (Phi) is 4.35. The lowest BCUT2D eigenvalue weighted by Crippen LogP contribution is -2.35. The summed E-state index contributed by atoms with van der Waals surface area (Å²) in [6.07, 6.45) is 2.50. The fraction of sp³-hybridized carbons (Fsp3) is 0.500. The number of aryl methyl sites for hydroxylation is 1. The predicted octanol–water partition coefficient (Wildman–Crippen LogP) is 2.83. The van der Waals surface area contributed by atoms with Gasteiger partial charge in [-0.25, -0.2) is 0 Å². The van der Waals surface area contributed by atoms with Gasteiger partial charge in [0.05, 0.1) is 6.54 Å². The minimum absolute atomic E-state index is 0.0426. The number of amides is 1. The van der Waals surface area contributed by atoms with Crippen LogP contribution in [0.3, 0.4) is 0 Å². The Hall–Kier alpha value is -1.64. The molecule has 1 amide bonds. The molecule has 0 aromatic heterocycles. The topological polar surface area (TPSA) is 37.4 Å². The first-order valence-electron chi connectivity index (χ1n) is 6.94. The molecule has 1 unspecified atom stereocenters. The molecule has 1 aromatic carbocycles. The zero-order valence-electron chi connectivity index (χ0n) is 11.7. The Balaban J connectivity index is 2.06. The highest BCUT2D eigenvalue weighted by Crippen LogP contribution is 2.18. The maximum atomic E-state index is 12.3. The van der Waals surface area contributed by atoms with Crippen molar-refractivity contribution in [3.05, 3.63) is 35.4 Å². The average Bonchev–Trinajstić information content (AvgIpc) is 2.54. The van der Waals surface area contributed by atoms with Gasteiger partial charge in [0.15, 0.2) is 5.78 Å². The van der Waals surface area contributed by atoms with Crippen molar-refractivity contribution in [2.24, 2.45) is 5.92 Å². The zero-order valence-corrected chi connectivity index (χ0v) is 11.7. The molecule has 1 fully saturated rings. The molecular formula is C16H21NO2. The largest absolute Gasteiger partial charge is 0.335 e. The van der Waals surface area contributed by atoms with Crippen LogP contribution < -0.4 is 0 Å². The number of carbonyl (C=O) groups excluding carboxylic acids is 2. The van der Waals surface area contributed by atoms with Crippen LogP contribution in [0.4, 0.5) is 0 Å². The van der Waals surface area contributed by atoms with Gasteiger partial charge in [0.2, 0.25) is 5.91 Å². The van der Waals surface area contributed by atoms with E-state index in [1.165, 1.54) is 0 Å². The summed E-state index contributed by atoms with van der Waals surface area (Å²) < 4.78 is 0. The highest BCUT2D eigenvalue weighted by Gasteiger charge is 2.22. The molecule has 1 aliphatic rings. The summed E-state index contributed by atoms with van der Waals surface area (Å²) in [5.74, 6) is 0.731. The van der Waals surface area contributed by atoms with Crippen molar-refractivity contribution < 1.29 is 9.59 Å². The van der Waals surface area contributed by atoms with E-state index in [9.17, 15) is 9.59 Å². The van der Waals surface area contributed by atoms with E-state index < -0.39 is 0 Å². The number of benzene rings is 1. The molecule has 1 aromatic rings. The number of rotatable bonds is 3. The summed E-state index contributed by atoms with van der Waals surface area (Å²) in [5, 5.41) is 0. The molecule has 0 aliphatic carbocycles. The normalized spacial score (nSPS) is 20.2. The third kappa shape index (κ3) is 3.43. The molecule has 0 radical (unpaired) electrons. The van der Waals surface area contributed by atoms with Crippen molar-refractivity contribution in [1.29, 1.82) is 0 Å². The van der Waals surface area contributed by atoms with Gasteiger partial charge in [-0.3, -0.25) is 9.59 Å². The molecule has 19 heavy (non-hydrogen) atoms. The van der Waals surface area contributed by atoms with Crippen molar-refractivity contribution in [1.82, 2.24) is 4.90 Å². The van der Waals surface area contributed by atoms with Crippen LogP contribution in [0, 0.1) is 12.8 Å². The second-order valence-corrected chi connectivity index (χ2v) is 5.49. The third-order valence-corrected chi connectivity index (χ3v) is 3.88. The highest BCUT2D eigenvalue weighted by atomic mass is 16.2. The van der Waals surface area contributed by atoms with Gasteiger partial charge in [0, 0.05) is 18.5 Å². The quantitative estimate of drug-likeness (QED) is 0.783. The Morgan fingerprint density at radius 1 is 1.32 bits per heavy atom. The Labute approximate surface area is 114 Å². The van der Waals surface area contributed by atoms with Crippen molar-refractivity contribution in [3.63, 3.8) is 0 Å². The summed E-state index contributed by atoms with van der Waals surface area (Å²) in [5.41, 5.74) is 1.70. The van der Waals surface area contributed by atoms with Crippen LogP contribution in [0.2, 0.25) is 0 Å². The predicted molar refractivity (Wildman–Crippen MR) is 75.1 cm³/mol. The lowest BCUT2D eigenvalue weighted by molar-refractivity contribution is -0.130. The molecule has 2 rings (SSSR count). The Bertz CT molecular complexity index is 481. The molecule has 3 nitrogen and oxygen atoms in total. The van der Waals surface area contributed by atoms with Gasteiger partial charge in [-0.15, -0.1) is 0 Å². The van der Waals surface area contributed by atoms with Crippen LogP contribution in [-0.2, 0) is 4.79 Å². The molecule has 1 aliphatic heterocycles. The summed E-state index contributed by atoms with van der Waals surface area (Å²) in [7, 11) is 0. The van der Waals surface area contributed by atoms with Crippen LogP contribution in [0.5, 0.6) is 0 Å². The Morgan fingerprint density at radius 3 is 2.79 bits per heavy atom. The first kappa shape index (κ1) is 13.8. The van der Waals surface area contributed by atoms with E-state index in [0.29, 0.717) is 18.9 Å². The van der Waals surface area contributed by atoms with E-state index in [1.807, 2.05) is 31.2 Å². The summed E-state index contributed by atoms with van der Waals surface area (Å²) in [4.78, 5) is 26.0. The highest BCUT2D eigenvalue weighted by molar-refractivity contribution is 6.00. The second kappa shape index (κ2) is 6.00. The van der Waals surface area contributed by atoms with E-state index in [2.05, 4.69) is 6.92 Å². The molecule has 102 valence electrons. The van der Waals surface area contributed by atoms with Crippen LogP contribution >= 0.6 is 0 Å². The van der Waals surface area contributed by atoms with E-state index in [0.717, 1.165) is 24.0 Å². The van der Waals surface area contributed by atoms with Crippen molar-refractivity contribution in [2.75, 3.05) is 13.1 Å². The minimum atomic E-state index is 0.0426. The van der Waals surface area contributed by atoms with E-state index in [-0.39, 0.29) is 18.2 Å². The minimum Gasteiger partial charge on any atom is -0.335 e. The molecule has 0 bridgehead atoms. The SMILES string of the molecule is Cc1ccccc1C(=O)CN1CCC(C)CCC1=O. The molecule has 1 atom stereocenters.